The molecule has 1 atom stereocenters. The molecule has 2 aromatic heterocycles. The van der Waals surface area contributed by atoms with Gasteiger partial charge in [0, 0.05) is 51.1 Å². The number of rotatable bonds is 5. The summed E-state index contributed by atoms with van der Waals surface area (Å²) in [6.07, 6.45) is 1.98. The Labute approximate surface area is 153 Å². The molecule has 26 heavy (non-hydrogen) atoms. The molecule has 0 aromatic carbocycles. The van der Waals surface area contributed by atoms with Crippen LogP contribution in [0.3, 0.4) is 0 Å². The van der Waals surface area contributed by atoms with Gasteiger partial charge in [-0.25, -0.2) is 0 Å². The largest absolute Gasteiger partial charge is 0.341 e. The second kappa shape index (κ2) is 7.27. The van der Waals surface area contributed by atoms with Gasteiger partial charge in [0.25, 0.3) is 0 Å². The SMILES string of the molecule is Cc1nn(C)c(C)c1CN(C)C(=O)C1CC(=O)N(Cc2ccccn2)C1. The molecule has 0 spiro atoms. The van der Waals surface area contributed by atoms with Crippen molar-refractivity contribution < 1.29 is 9.59 Å². The summed E-state index contributed by atoms with van der Waals surface area (Å²) < 4.78 is 1.83. The van der Waals surface area contributed by atoms with Gasteiger partial charge in [-0.15, -0.1) is 0 Å². The normalized spacial score (nSPS) is 17.0. The summed E-state index contributed by atoms with van der Waals surface area (Å²) in [5.74, 6) is -0.283. The lowest BCUT2D eigenvalue weighted by molar-refractivity contribution is -0.135. The predicted molar refractivity (Wildman–Crippen MR) is 96.9 cm³/mol. The van der Waals surface area contributed by atoms with Crippen LogP contribution in [0.2, 0.25) is 0 Å². The van der Waals surface area contributed by atoms with Gasteiger partial charge in [0.05, 0.1) is 23.9 Å². The van der Waals surface area contributed by atoms with Gasteiger partial charge in [-0.3, -0.25) is 19.3 Å². The number of hydrogen-bond acceptors (Lipinski definition) is 4. The molecule has 2 amide bonds. The lowest BCUT2D eigenvalue weighted by Crippen LogP contribution is -2.34. The minimum absolute atomic E-state index is 0.00419. The Morgan fingerprint density at radius 3 is 2.73 bits per heavy atom. The number of pyridine rings is 1. The molecule has 1 unspecified atom stereocenters. The van der Waals surface area contributed by atoms with Crippen molar-refractivity contribution >= 4 is 11.8 Å². The Hall–Kier alpha value is -2.70. The Balaban J connectivity index is 1.63. The molecule has 2 aromatic rings. The van der Waals surface area contributed by atoms with E-state index in [2.05, 4.69) is 10.1 Å². The second-order valence-electron chi connectivity index (χ2n) is 6.96. The summed E-state index contributed by atoms with van der Waals surface area (Å²) in [6.45, 7) is 5.36. The molecule has 0 radical (unpaired) electrons. The van der Waals surface area contributed by atoms with E-state index in [1.807, 2.05) is 43.8 Å². The highest BCUT2D eigenvalue weighted by atomic mass is 16.2. The molecule has 1 saturated heterocycles. The lowest BCUT2D eigenvalue weighted by atomic mass is 10.1. The van der Waals surface area contributed by atoms with Crippen molar-refractivity contribution in [3.8, 4) is 0 Å². The number of aryl methyl sites for hydroxylation is 2. The monoisotopic (exact) mass is 355 g/mol. The summed E-state index contributed by atoms with van der Waals surface area (Å²) in [7, 11) is 3.69. The minimum atomic E-state index is -0.298. The van der Waals surface area contributed by atoms with Gasteiger partial charge >= 0.3 is 0 Å². The van der Waals surface area contributed by atoms with Gasteiger partial charge in [-0.2, -0.15) is 5.10 Å². The quantitative estimate of drug-likeness (QED) is 0.814. The van der Waals surface area contributed by atoms with Crippen LogP contribution in [-0.2, 0) is 29.7 Å². The Morgan fingerprint density at radius 2 is 2.12 bits per heavy atom. The maximum absolute atomic E-state index is 12.8. The lowest BCUT2D eigenvalue weighted by Gasteiger charge is -2.21. The van der Waals surface area contributed by atoms with Crippen LogP contribution in [0.15, 0.2) is 24.4 Å². The highest BCUT2D eigenvalue weighted by molar-refractivity contribution is 5.89. The van der Waals surface area contributed by atoms with Gasteiger partial charge in [0.2, 0.25) is 11.8 Å². The first-order valence-corrected chi connectivity index (χ1v) is 8.78. The summed E-state index contributed by atoms with van der Waals surface area (Å²) >= 11 is 0. The van der Waals surface area contributed by atoms with Crippen LogP contribution in [0.4, 0.5) is 0 Å². The van der Waals surface area contributed by atoms with Crippen LogP contribution in [0, 0.1) is 19.8 Å². The van der Waals surface area contributed by atoms with E-state index in [4.69, 9.17) is 0 Å². The van der Waals surface area contributed by atoms with E-state index >= 15 is 0 Å². The first-order valence-electron chi connectivity index (χ1n) is 8.78. The molecule has 0 saturated carbocycles. The number of carbonyl (C=O) groups excluding carboxylic acids is 2. The number of aromatic nitrogens is 3. The molecule has 0 bridgehead atoms. The van der Waals surface area contributed by atoms with Crippen molar-refractivity contribution in [3.05, 3.63) is 47.0 Å². The maximum atomic E-state index is 12.8. The first kappa shape index (κ1) is 18.1. The molecule has 0 N–H and O–H groups in total. The van der Waals surface area contributed by atoms with Gasteiger partial charge in [0.15, 0.2) is 0 Å². The topological polar surface area (TPSA) is 71.3 Å². The van der Waals surface area contributed by atoms with Crippen LogP contribution < -0.4 is 0 Å². The highest BCUT2D eigenvalue weighted by Crippen LogP contribution is 2.23. The van der Waals surface area contributed by atoms with Gasteiger partial charge in [-0.1, -0.05) is 6.07 Å². The minimum Gasteiger partial charge on any atom is -0.341 e. The van der Waals surface area contributed by atoms with E-state index in [0.29, 0.717) is 19.6 Å². The zero-order valence-electron chi connectivity index (χ0n) is 15.8. The molecule has 7 nitrogen and oxygen atoms in total. The smallest absolute Gasteiger partial charge is 0.228 e. The Morgan fingerprint density at radius 1 is 1.35 bits per heavy atom. The van der Waals surface area contributed by atoms with E-state index in [9.17, 15) is 9.59 Å². The summed E-state index contributed by atoms with van der Waals surface area (Å²) in [5, 5.41) is 4.40. The fourth-order valence-corrected chi connectivity index (χ4v) is 3.45. The molecule has 1 aliphatic heterocycles. The predicted octanol–water partition coefficient (Wildman–Crippen LogP) is 1.44. The Kier molecular flexibility index (Phi) is 5.06. The van der Waals surface area contributed by atoms with Crippen molar-refractivity contribution in [2.24, 2.45) is 13.0 Å². The summed E-state index contributed by atoms with van der Waals surface area (Å²) in [4.78, 5) is 32.8. The molecular formula is C19H25N5O2. The van der Waals surface area contributed by atoms with E-state index in [0.717, 1.165) is 22.6 Å². The molecule has 1 aliphatic rings. The molecule has 0 aliphatic carbocycles. The van der Waals surface area contributed by atoms with Crippen molar-refractivity contribution in [1.82, 2.24) is 24.6 Å². The molecule has 7 heteroatoms. The summed E-state index contributed by atoms with van der Waals surface area (Å²) in [5.41, 5.74) is 3.90. The van der Waals surface area contributed by atoms with Crippen LogP contribution in [0.1, 0.15) is 29.1 Å². The van der Waals surface area contributed by atoms with Crippen molar-refractivity contribution in [2.45, 2.75) is 33.4 Å². The first-order chi connectivity index (χ1) is 12.4. The Bertz CT molecular complexity index is 815. The number of hydrogen-bond donors (Lipinski definition) is 0. The van der Waals surface area contributed by atoms with E-state index < -0.39 is 0 Å². The van der Waals surface area contributed by atoms with E-state index in [1.54, 1.807) is 23.0 Å². The summed E-state index contributed by atoms with van der Waals surface area (Å²) in [6, 6.07) is 5.64. The fraction of sp³-hybridized carbons (Fsp3) is 0.474. The van der Waals surface area contributed by atoms with Crippen LogP contribution >= 0.6 is 0 Å². The van der Waals surface area contributed by atoms with Crippen LogP contribution in [0.5, 0.6) is 0 Å². The zero-order chi connectivity index (χ0) is 18.8. The number of nitrogens with zero attached hydrogens (tertiary/aromatic N) is 5. The molecular weight excluding hydrogens is 330 g/mol. The van der Waals surface area contributed by atoms with Crippen molar-refractivity contribution in [3.63, 3.8) is 0 Å². The molecule has 3 heterocycles. The maximum Gasteiger partial charge on any atom is 0.228 e. The van der Waals surface area contributed by atoms with E-state index in [-0.39, 0.29) is 24.2 Å². The third-order valence-corrected chi connectivity index (χ3v) is 5.07. The standard InChI is InChI=1S/C19H25N5O2/c1-13-17(14(2)23(4)21-13)12-22(3)19(26)15-9-18(25)24(10-15)11-16-7-5-6-8-20-16/h5-8,15H,9-12H2,1-4H3. The average molecular weight is 355 g/mol. The number of carbonyl (C=O) groups is 2. The molecule has 1 fully saturated rings. The van der Waals surface area contributed by atoms with Crippen LogP contribution in [-0.4, -0.2) is 50.0 Å². The molecule has 3 rings (SSSR count). The van der Waals surface area contributed by atoms with Crippen molar-refractivity contribution in [2.75, 3.05) is 13.6 Å². The second-order valence-corrected chi connectivity index (χ2v) is 6.96. The number of likely N-dealkylation sites (tertiary alicyclic amines) is 1. The third kappa shape index (κ3) is 3.61. The number of amides is 2. The average Bonchev–Trinajstić information content (AvgIpc) is 3.09. The van der Waals surface area contributed by atoms with Gasteiger partial charge in [0.1, 0.15) is 0 Å². The fourth-order valence-electron chi connectivity index (χ4n) is 3.45. The van der Waals surface area contributed by atoms with Crippen molar-refractivity contribution in [1.29, 1.82) is 0 Å². The molecule has 138 valence electrons. The van der Waals surface area contributed by atoms with E-state index in [1.165, 1.54) is 0 Å². The van der Waals surface area contributed by atoms with Gasteiger partial charge in [-0.05, 0) is 26.0 Å². The third-order valence-electron chi connectivity index (χ3n) is 5.07. The van der Waals surface area contributed by atoms with Gasteiger partial charge < -0.3 is 9.80 Å². The van der Waals surface area contributed by atoms with Crippen LogP contribution in [0.25, 0.3) is 0 Å². The zero-order valence-corrected chi connectivity index (χ0v) is 15.8. The highest BCUT2D eigenvalue weighted by Gasteiger charge is 2.36.